The Morgan fingerprint density at radius 3 is 2.53 bits per heavy atom. The maximum Gasteiger partial charge on any atom is 0.351 e. The number of rotatable bonds is 7. The lowest BCUT2D eigenvalue weighted by Gasteiger charge is -2.46. The first-order valence-electron chi connectivity index (χ1n) is 11.7. The topological polar surface area (TPSA) is 91.7 Å². The first kappa shape index (κ1) is 26.3. The van der Waals surface area contributed by atoms with Crippen molar-refractivity contribution in [2.45, 2.75) is 64.6 Å². The van der Waals surface area contributed by atoms with Gasteiger partial charge in [-0.25, -0.2) is 4.79 Å². The fraction of sp³-hybridized carbons (Fsp3) is 0.560. The van der Waals surface area contributed by atoms with Gasteiger partial charge in [0.1, 0.15) is 11.4 Å². The van der Waals surface area contributed by atoms with Crippen LogP contribution in [-0.4, -0.2) is 49.2 Å². The van der Waals surface area contributed by atoms with E-state index in [9.17, 15) is 9.59 Å². The van der Waals surface area contributed by atoms with E-state index in [0.29, 0.717) is 18.8 Å². The third-order valence-electron chi connectivity index (χ3n) is 6.93. The van der Waals surface area contributed by atoms with Crippen LogP contribution in [0.25, 0.3) is 0 Å². The van der Waals surface area contributed by atoms with Crippen LogP contribution in [0.4, 0.5) is 5.82 Å². The Hall–Kier alpha value is -2.33. The van der Waals surface area contributed by atoms with E-state index in [4.69, 9.17) is 13.9 Å². The van der Waals surface area contributed by atoms with Crippen LogP contribution >= 0.6 is 0 Å². The Morgan fingerprint density at radius 1 is 1.26 bits per heavy atom. The van der Waals surface area contributed by atoms with Crippen molar-refractivity contribution < 1.29 is 18.7 Å². The second kappa shape index (κ2) is 10.1. The highest BCUT2D eigenvalue weighted by Crippen LogP contribution is 2.39. The van der Waals surface area contributed by atoms with Crippen LogP contribution in [0.15, 0.2) is 47.4 Å². The molecule has 2 heterocycles. The molecule has 8 nitrogen and oxygen atoms in total. The SMILES string of the molecule is CC(C)[C@@]1(CO[Si](C)(C)C(C)(C)C)COC[C@H](n2ccc(NC(=O)c3ccccc3)nc2=O)O1. The molecule has 0 spiro atoms. The average Bonchev–Trinajstić information content (AvgIpc) is 2.78. The molecule has 2 atom stereocenters. The minimum absolute atomic E-state index is 0.0704. The van der Waals surface area contributed by atoms with E-state index in [2.05, 4.69) is 58.0 Å². The fourth-order valence-corrected chi connectivity index (χ4v) is 4.39. The highest BCUT2D eigenvalue weighted by atomic mass is 28.4. The number of anilines is 1. The minimum atomic E-state index is -2.00. The molecule has 0 saturated carbocycles. The number of carbonyl (C=O) groups is 1. The van der Waals surface area contributed by atoms with Gasteiger partial charge in [-0.3, -0.25) is 9.36 Å². The second-order valence-electron chi connectivity index (χ2n) is 10.7. The second-order valence-corrected chi connectivity index (χ2v) is 15.5. The van der Waals surface area contributed by atoms with Crippen molar-refractivity contribution in [3.8, 4) is 0 Å². The van der Waals surface area contributed by atoms with Gasteiger partial charge in [-0.2, -0.15) is 4.98 Å². The van der Waals surface area contributed by atoms with Crippen molar-refractivity contribution in [2.24, 2.45) is 5.92 Å². The van der Waals surface area contributed by atoms with Gasteiger partial charge in [-0.05, 0) is 42.2 Å². The summed E-state index contributed by atoms with van der Waals surface area (Å²) in [5.74, 6) is -0.0412. The molecule has 1 aromatic carbocycles. The summed E-state index contributed by atoms with van der Waals surface area (Å²) in [6.45, 7) is 16.2. The first-order valence-corrected chi connectivity index (χ1v) is 14.6. The van der Waals surface area contributed by atoms with E-state index >= 15 is 0 Å². The number of ether oxygens (including phenoxy) is 2. The number of carbonyl (C=O) groups excluding carboxylic acids is 1. The average molecular weight is 488 g/mol. The monoisotopic (exact) mass is 487 g/mol. The number of aromatic nitrogens is 2. The summed E-state index contributed by atoms with van der Waals surface area (Å²) in [5.41, 5.74) is -0.719. The number of nitrogens with one attached hydrogen (secondary N) is 1. The molecule has 0 bridgehead atoms. The molecule has 3 rings (SSSR count). The van der Waals surface area contributed by atoms with Gasteiger partial charge in [0.25, 0.3) is 5.91 Å². The van der Waals surface area contributed by atoms with Crippen LogP contribution in [-0.2, 0) is 13.9 Å². The summed E-state index contributed by atoms with van der Waals surface area (Å²) < 4.78 is 20.3. The summed E-state index contributed by atoms with van der Waals surface area (Å²) in [4.78, 5) is 29.2. The van der Waals surface area contributed by atoms with Gasteiger partial charge < -0.3 is 19.2 Å². The van der Waals surface area contributed by atoms with Crippen molar-refractivity contribution in [3.05, 3.63) is 58.6 Å². The van der Waals surface area contributed by atoms with Crippen molar-refractivity contribution >= 4 is 20.0 Å². The lowest BCUT2D eigenvalue weighted by molar-refractivity contribution is -0.252. The Labute approximate surface area is 202 Å². The van der Waals surface area contributed by atoms with Gasteiger partial charge >= 0.3 is 5.69 Å². The third-order valence-corrected chi connectivity index (χ3v) is 11.4. The molecule has 1 aliphatic heterocycles. The molecular formula is C25H37N3O5Si. The number of amides is 1. The predicted octanol–water partition coefficient (Wildman–Crippen LogP) is 4.46. The number of nitrogens with zero attached hydrogens (tertiary/aromatic N) is 2. The highest BCUT2D eigenvalue weighted by Gasteiger charge is 2.46. The molecule has 1 saturated heterocycles. The van der Waals surface area contributed by atoms with E-state index in [-0.39, 0.29) is 29.3 Å². The molecule has 186 valence electrons. The third kappa shape index (κ3) is 5.83. The molecule has 9 heteroatoms. The molecule has 2 aromatic rings. The largest absolute Gasteiger partial charge is 0.414 e. The number of hydrogen-bond donors (Lipinski definition) is 1. The molecule has 0 unspecified atom stereocenters. The van der Waals surface area contributed by atoms with E-state index in [1.807, 2.05) is 6.07 Å². The lowest BCUT2D eigenvalue weighted by atomic mass is 9.91. The number of hydrogen-bond acceptors (Lipinski definition) is 6. The zero-order chi connectivity index (χ0) is 25.1. The molecule has 34 heavy (non-hydrogen) atoms. The molecule has 0 aliphatic carbocycles. The number of benzene rings is 1. The van der Waals surface area contributed by atoms with Crippen LogP contribution in [0.5, 0.6) is 0 Å². The summed E-state index contributed by atoms with van der Waals surface area (Å²) in [7, 11) is -2.00. The molecule has 1 amide bonds. The van der Waals surface area contributed by atoms with E-state index < -0.39 is 25.8 Å². The summed E-state index contributed by atoms with van der Waals surface area (Å²) >= 11 is 0. The predicted molar refractivity (Wildman–Crippen MR) is 135 cm³/mol. The molecule has 1 N–H and O–H groups in total. The molecule has 1 aromatic heterocycles. The zero-order valence-corrected chi connectivity index (χ0v) is 22.3. The maximum atomic E-state index is 12.8. The highest BCUT2D eigenvalue weighted by molar-refractivity contribution is 6.74. The van der Waals surface area contributed by atoms with Crippen molar-refractivity contribution in [2.75, 3.05) is 25.1 Å². The molecule has 1 aliphatic rings. The molecular weight excluding hydrogens is 450 g/mol. The van der Waals surface area contributed by atoms with Crippen LogP contribution in [0.1, 0.15) is 51.2 Å². The van der Waals surface area contributed by atoms with Crippen molar-refractivity contribution in [1.29, 1.82) is 0 Å². The fourth-order valence-electron chi connectivity index (χ4n) is 3.35. The van der Waals surface area contributed by atoms with Gasteiger partial charge in [0.05, 0.1) is 19.8 Å². The van der Waals surface area contributed by atoms with Crippen LogP contribution in [0, 0.1) is 5.92 Å². The Morgan fingerprint density at radius 2 is 1.94 bits per heavy atom. The zero-order valence-electron chi connectivity index (χ0n) is 21.3. The minimum Gasteiger partial charge on any atom is -0.414 e. The van der Waals surface area contributed by atoms with Crippen molar-refractivity contribution in [1.82, 2.24) is 9.55 Å². The smallest absolute Gasteiger partial charge is 0.351 e. The van der Waals surface area contributed by atoms with E-state index in [1.165, 1.54) is 4.57 Å². The van der Waals surface area contributed by atoms with Gasteiger partial charge in [-0.1, -0.05) is 52.8 Å². The van der Waals surface area contributed by atoms with Gasteiger partial charge in [0, 0.05) is 11.8 Å². The summed E-state index contributed by atoms with van der Waals surface area (Å²) in [6.07, 6.45) is 0.938. The summed E-state index contributed by atoms with van der Waals surface area (Å²) in [6, 6.07) is 10.4. The van der Waals surface area contributed by atoms with Crippen molar-refractivity contribution in [3.63, 3.8) is 0 Å². The Kier molecular flexibility index (Phi) is 7.81. The Bertz CT molecular complexity index is 1050. The van der Waals surface area contributed by atoms with E-state index in [0.717, 1.165) is 0 Å². The molecule has 0 radical (unpaired) electrons. The summed E-state index contributed by atoms with van der Waals surface area (Å²) in [5, 5.41) is 2.73. The van der Waals surface area contributed by atoms with Crippen LogP contribution in [0.3, 0.4) is 0 Å². The Balaban J connectivity index is 1.76. The van der Waals surface area contributed by atoms with Crippen LogP contribution in [0.2, 0.25) is 18.1 Å². The van der Waals surface area contributed by atoms with E-state index in [1.54, 1.807) is 36.5 Å². The van der Waals surface area contributed by atoms with Gasteiger partial charge in [0.15, 0.2) is 14.5 Å². The first-order chi connectivity index (χ1) is 15.8. The maximum absolute atomic E-state index is 12.8. The standard InChI is InChI=1S/C25H37N3O5Si/c1-18(2)25(17-32-34(6,7)24(3,4)5)16-31-15-21(33-25)28-14-13-20(27-23(28)30)26-22(29)19-11-9-8-10-12-19/h8-14,18,21H,15-17H2,1-7H3,(H,26,27,29,30)/t21-,25+/m1/s1. The molecule has 1 fully saturated rings. The van der Waals surface area contributed by atoms with Gasteiger partial charge in [-0.15, -0.1) is 0 Å². The van der Waals surface area contributed by atoms with Gasteiger partial charge in [0.2, 0.25) is 0 Å². The normalized spacial score (nSPS) is 21.5. The lowest BCUT2D eigenvalue weighted by Crippen LogP contribution is -2.56. The van der Waals surface area contributed by atoms with Crippen LogP contribution < -0.4 is 11.0 Å². The quantitative estimate of drug-likeness (QED) is 0.580.